The summed E-state index contributed by atoms with van der Waals surface area (Å²) in [7, 11) is -4.20. The van der Waals surface area contributed by atoms with Gasteiger partial charge in [-0.15, -0.1) is 0 Å². The normalized spacial score (nSPS) is 12.5. The number of fused-ring (bicyclic) bond motifs is 8. The minimum absolute atomic E-state index is 0.332. The molecule has 8 bridgehead atoms. The second kappa shape index (κ2) is 16.4. The highest BCUT2D eigenvalue weighted by molar-refractivity contribution is 7.85. The summed E-state index contributed by atoms with van der Waals surface area (Å²) >= 11 is 4.57. The number of rotatable bonds is 14. The molecule has 6 heterocycles. The molecule has 5 aromatic heterocycles. The van der Waals surface area contributed by atoms with Crippen LogP contribution in [0, 0.1) is 0 Å². The van der Waals surface area contributed by atoms with Gasteiger partial charge in [0.2, 0.25) is 0 Å². The Balaban J connectivity index is 1.20. The van der Waals surface area contributed by atoms with Gasteiger partial charge in [0.05, 0.1) is 35.0 Å². The molecule has 0 saturated carbocycles. The van der Waals surface area contributed by atoms with Gasteiger partial charge in [0.25, 0.3) is 0 Å². The van der Waals surface area contributed by atoms with Crippen LogP contribution in [0.25, 0.3) is 23.3 Å². The van der Waals surface area contributed by atoms with Crippen LogP contribution < -0.4 is 30.7 Å². The fraction of sp³-hybridized carbons (Fsp3) is 0.200. The zero-order valence-corrected chi connectivity index (χ0v) is 30.4. The van der Waals surface area contributed by atoms with Crippen molar-refractivity contribution in [2.24, 2.45) is 4.99 Å². The number of aryl methyl sites for hydroxylation is 1. The third kappa shape index (κ3) is 9.28. The van der Waals surface area contributed by atoms with Gasteiger partial charge >= 0.3 is 0 Å². The van der Waals surface area contributed by atoms with Crippen molar-refractivity contribution in [2.75, 3.05) is 32.1 Å². The third-order valence-corrected chi connectivity index (χ3v) is 9.74. The molecular weight excluding hydrogens is 709 g/mol. The lowest BCUT2D eigenvalue weighted by Gasteiger charge is -2.09. The van der Waals surface area contributed by atoms with E-state index in [-0.39, 0.29) is 5.75 Å². The van der Waals surface area contributed by atoms with Crippen molar-refractivity contribution >= 4 is 50.8 Å². The molecule has 0 aliphatic carbocycles. The van der Waals surface area contributed by atoms with Gasteiger partial charge in [0.15, 0.2) is 12.4 Å². The van der Waals surface area contributed by atoms with E-state index in [9.17, 15) is 13.0 Å². The quantitative estimate of drug-likeness (QED) is 0.0441. The molecule has 13 heteroatoms. The van der Waals surface area contributed by atoms with E-state index in [2.05, 4.69) is 115 Å². The first-order valence-corrected chi connectivity index (χ1v) is 19.3. The second-order valence-corrected chi connectivity index (χ2v) is 14.3. The van der Waals surface area contributed by atoms with Crippen molar-refractivity contribution in [3.8, 4) is 5.75 Å². The van der Waals surface area contributed by atoms with Crippen molar-refractivity contribution in [1.29, 1.82) is 0 Å². The first-order valence-electron chi connectivity index (χ1n) is 17.3. The number of aromatic nitrogens is 5. The standard InChI is InChI=1S/C40H38N6O5S2/c47-53(48,49)24-2-1-18-46-19-15-29(16-20-46)40-37-13-7-32(44-37)25-30-5-11-35(42-30)39(36-12-6-31(43-36)26-33-8-14-38(40)45-33)28-3-9-34(10-4-28)51-23-22-50-21-17-41-27-52/h3-16,19-20,25-26H,1-2,17-18,21-24H2,(H4,42,43,44,45,47,48,49). The predicted molar refractivity (Wildman–Crippen MR) is 205 cm³/mol. The van der Waals surface area contributed by atoms with Gasteiger partial charge in [-0.05, 0) is 103 Å². The van der Waals surface area contributed by atoms with Gasteiger partial charge in [-0.1, -0.05) is 12.1 Å². The topological polar surface area (TPSA) is 155 Å². The van der Waals surface area contributed by atoms with Crippen LogP contribution in [0.15, 0.2) is 102 Å². The number of aromatic amines is 4. The highest BCUT2D eigenvalue weighted by atomic mass is 32.2. The summed E-state index contributed by atoms with van der Waals surface area (Å²) in [6.45, 7) is 2.47. The lowest BCUT2D eigenvalue weighted by atomic mass is 10.0. The zero-order chi connectivity index (χ0) is 36.6. The maximum absolute atomic E-state index is 11.0. The van der Waals surface area contributed by atoms with Crippen LogP contribution in [-0.2, 0) is 21.4 Å². The van der Waals surface area contributed by atoms with Crippen LogP contribution in [0.3, 0.4) is 0 Å². The van der Waals surface area contributed by atoms with Crippen LogP contribution >= 0.6 is 12.2 Å². The van der Waals surface area contributed by atoms with Crippen LogP contribution in [0.1, 0.15) is 46.7 Å². The molecule has 1 aliphatic rings. The number of nitrogens with zero attached hydrogens (tertiary/aromatic N) is 2. The molecule has 0 fully saturated rings. The Bertz CT molecular complexity index is 2610. The highest BCUT2D eigenvalue weighted by Gasteiger charge is 2.14. The molecule has 1 aromatic carbocycles. The molecular formula is C40H38N6O5S2. The van der Waals surface area contributed by atoms with Gasteiger partial charge in [0, 0.05) is 79.6 Å². The Morgan fingerprint density at radius 2 is 1.30 bits per heavy atom. The molecule has 0 atom stereocenters. The van der Waals surface area contributed by atoms with Gasteiger partial charge in [-0.3, -0.25) is 0 Å². The van der Waals surface area contributed by atoms with Crippen molar-refractivity contribution in [2.45, 2.75) is 19.4 Å². The number of thiocarbonyl (C=S) groups is 1. The summed E-state index contributed by atoms with van der Waals surface area (Å²) in [4.78, 5) is 18.3. The number of ether oxygens (including phenoxy) is 2. The number of hydrogen-bond acceptors (Lipinski definition) is 7. The Morgan fingerprint density at radius 3 is 1.89 bits per heavy atom. The molecule has 0 radical (unpaired) electrons. The fourth-order valence-corrected chi connectivity index (χ4v) is 7.00. The summed E-state index contributed by atoms with van der Waals surface area (Å²) in [5, 5.41) is 6.13. The van der Waals surface area contributed by atoms with E-state index < -0.39 is 10.1 Å². The molecule has 0 spiro atoms. The predicted octanol–water partition coefficient (Wildman–Crippen LogP) is 2.58. The minimum Gasteiger partial charge on any atom is -0.748 e. The highest BCUT2D eigenvalue weighted by Crippen LogP contribution is 2.24. The summed E-state index contributed by atoms with van der Waals surface area (Å²) in [5.41, 5.74) is 7.87. The molecule has 53 heavy (non-hydrogen) atoms. The molecule has 11 nitrogen and oxygen atoms in total. The number of aliphatic imine (C=N–C) groups is 1. The maximum Gasteiger partial charge on any atom is 0.169 e. The van der Waals surface area contributed by atoms with Crippen LogP contribution in [-0.4, -0.2) is 70.2 Å². The van der Waals surface area contributed by atoms with Crippen molar-refractivity contribution < 1.29 is 27.0 Å². The summed E-state index contributed by atoms with van der Waals surface area (Å²) in [6.07, 6.45) is 9.06. The van der Waals surface area contributed by atoms with E-state index in [1.807, 2.05) is 41.2 Å². The van der Waals surface area contributed by atoms with E-state index in [1.54, 1.807) is 0 Å². The first-order chi connectivity index (χ1) is 25.8. The minimum atomic E-state index is -4.20. The van der Waals surface area contributed by atoms with Gasteiger partial charge < -0.3 is 34.0 Å². The monoisotopic (exact) mass is 746 g/mol. The van der Waals surface area contributed by atoms with E-state index in [0.29, 0.717) is 45.8 Å². The number of isothiocyanates is 1. The van der Waals surface area contributed by atoms with Crippen LogP contribution in [0.5, 0.6) is 5.75 Å². The number of benzene rings is 1. The van der Waals surface area contributed by atoms with E-state index in [4.69, 9.17) is 9.47 Å². The molecule has 270 valence electrons. The molecule has 0 saturated heterocycles. The molecule has 1 aliphatic heterocycles. The van der Waals surface area contributed by atoms with Gasteiger partial charge in [-0.2, -0.15) is 0 Å². The molecule has 4 N–H and O–H groups in total. The SMILES string of the molecule is O=S(=O)([O-])CCCC[n+]1ccc(C2=c3ccc([nH]3)=Cc3ccc([nH]3)C(c3ccc(OCCOCCN=C=S)cc3)=c3ccc([nH]3)=Cc3ccc2[nH]3)cc1. The molecule has 6 aromatic rings. The first kappa shape index (κ1) is 35.8. The molecule has 0 unspecified atom stereocenters. The number of hydrogen-bond donors (Lipinski definition) is 4. The average molecular weight is 747 g/mol. The van der Waals surface area contributed by atoms with E-state index >= 15 is 0 Å². The van der Waals surface area contributed by atoms with Crippen molar-refractivity contribution in [1.82, 2.24) is 19.9 Å². The lowest BCUT2D eigenvalue weighted by molar-refractivity contribution is -0.697. The smallest absolute Gasteiger partial charge is 0.169 e. The summed E-state index contributed by atoms with van der Waals surface area (Å²) in [6, 6.07) is 28.8. The van der Waals surface area contributed by atoms with Crippen molar-refractivity contribution in [3.05, 3.63) is 153 Å². The Kier molecular flexibility index (Phi) is 11.1. The zero-order valence-electron chi connectivity index (χ0n) is 28.8. The third-order valence-electron chi connectivity index (χ3n) is 8.83. The molecule has 0 amide bonds. The fourth-order valence-electron chi connectivity index (χ4n) is 6.36. The van der Waals surface area contributed by atoms with Gasteiger partial charge in [-0.25, -0.2) is 18.0 Å². The number of unbranched alkanes of at least 4 members (excludes halogenated alkanes) is 1. The van der Waals surface area contributed by atoms with Crippen LogP contribution in [0.2, 0.25) is 0 Å². The second-order valence-electron chi connectivity index (χ2n) is 12.6. The summed E-state index contributed by atoms with van der Waals surface area (Å²) < 4.78 is 46.3. The largest absolute Gasteiger partial charge is 0.748 e. The Morgan fingerprint density at radius 1 is 0.698 bits per heavy atom. The van der Waals surface area contributed by atoms with Crippen molar-refractivity contribution in [3.63, 3.8) is 0 Å². The number of nitrogens with one attached hydrogen (secondary N) is 4. The van der Waals surface area contributed by atoms with E-state index in [1.165, 1.54) is 0 Å². The average Bonchev–Trinajstić information content (AvgIpc) is 3.98. The number of pyridine rings is 1. The van der Waals surface area contributed by atoms with E-state index in [0.717, 1.165) is 72.2 Å². The molecule has 7 rings (SSSR count). The summed E-state index contributed by atoms with van der Waals surface area (Å²) in [5.74, 6) is 0.413. The number of H-pyrrole nitrogens is 4. The Labute approximate surface area is 311 Å². The maximum atomic E-state index is 11.0. The van der Waals surface area contributed by atoms with Crippen LogP contribution in [0.4, 0.5) is 0 Å². The van der Waals surface area contributed by atoms with Gasteiger partial charge in [0.1, 0.15) is 18.9 Å². The Hall–Kier alpha value is -5.56. The lowest BCUT2D eigenvalue weighted by Crippen LogP contribution is -2.33.